The lowest BCUT2D eigenvalue weighted by atomic mass is 10.1. The second kappa shape index (κ2) is 9.98. The molecule has 1 heterocycles. The number of hydrogen-bond acceptors (Lipinski definition) is 6. The number of amides is 2. The van der Waals surface area contributed by atoms with Crippen LogP contribution >= 0.6 is 11.8 Å². The van der Waals surface area contributed by atoms with Crippen molar-refractivity contribution in [2.24, 2.45) is 0 Å². The molecule has 0 aromatic heterocycles. The first-order valence-corrected chi connectivity index (χ1v) is 8.38. The Kier molecular flexibility index (Phi) is 8.31. The summed E-state index contributed by atoms with van der Waals surface area (Å²) in [5.41, 5.74) is 1.17. The van der Waals surface area contributed by atoms with E-state index in [1.165, 1.54) is 7.11 Å². The highest BCUT2D eigenvalue weighted by atomic mass is 32.2. The van der Waals surface area contributed by atoms with Crippen molar-refractivity contribution in [3.63, 3.8) is 0 Å². The second-order valence-corrected chi connectivity index (χ2v) is 5.98. The molecule has 1 aliphatic heterocycles. The van der Waals surface area contributed by atoms with Gasteiger partial charge in [-0.1, -0.05) is 6.42 Å². The molecule has 130 valence electrons. The van der Waals surface area contributed by atoms with Crippen molar-refractivity contribution in [2.75, 3.05) is 19.5 Å². The third-order valence-electron chi connectivity index (χ3n) is 3.13. The monoisotopic (exact) mass is 346 g/mol. The van der Waals surface area contributed by atoms with E-state index < -0.39 is 18.2 Å². The van der Waals surface area contributed by atoms with E-state index in [4.69, 9.17) is 9.84 Å². The van der Waals surface area contributed by atoms with Crippen LogP contribution in [0.2, 0.25) is 0 Å². The molecule has 1 rings (SSSR count). The van der Waals surface area contributed by atoms with Gasteiger partial charge in [0.05, 0.1) is 25.1 Å². The standard InChI is InChI=1S/C14H22N2O6S/c1-3-22-14(20)16-12-9(15-13(19)21-2)8-23-10(12)6-4-5-7-11(17)18/h10H,3-8H2,1-2H3,(H,15,19)(H,16,20)(H,17,18). The molecule has 8 nitrogen and oxygen atoms in total. The number of hydrogen-bond donors (Lipinski definition) is 3. The molecule has 0 aliphatic carbocycles. The fourth-order valence-corrected chi connectivity index (χ4v) is 3.38. The van der Waals surface area contributed by atoms with Gasteiger partial charge in [-0.3, -0.25) is 15.4 Å². The third-order valence-corrected chi connectivity index (χ3v) is 4.46. The van der Waals surface area contributed by atoms with Crippen LogP contribution in [0.3, 0.4) is 0 Å². The lowest BCUT2D eigenvalue weighted by Crippen LogP contribution is -2.32. The first-order valence-electron chi connectivity index (χ1n) is 7.33. The highest BCUT2D eigenvalue weighted by Gasteiger charge is 2.29. The summed E-state index contributed by atoms with van der Waals surface area (Å²) in [5, 5.41) is 13.9. The van der Waals surface area contributed by atoms with Crippen LogP contribution in [0.25, 0.3) is 0 Å². The zero-order chi connectivity index (χ0) is 17.2. The summed E-state index contributed by atoms with van der Waals surface area (Å²) < 4.78 is 9.44. The number of thioether (sulfide) groups is 1. The summed E-state index contributed by atoms with van der Waals surface area (Å²) in [5.74, 6) is -0.294. The van der Waals surface area contributed by atoms with Gasteiger partial charge in [0.15, 0.2) is 0 Å². The van der Waals surface area contributed by atoms with Gasteiger partial charge in [-0.05, 0) is 19.8 Å². The fourth-order valence-electron chi connectivity index (χ4n) is 2.08. The Morgan fingerprint density at radius 3 is 2.61 bits per heavy atom. The fraction of sp³-hybridized carbons (Fsp3) is 0.643. The molecule has 1 aliphatic rings. The Bertz CT molecular complexity index is 480. The SMILES string of the molecule is CCOC(=O)NC1=C(NC(=O)OC)CSC1CCCCC(=O)O. The highest BCUT2D eigenvalue weighted by Crippen LogP contribution is 2.33. The van der Waals surface area contributed by atoms with E-state index in [-0.39, 0.29) is 18.3 Å². The summed E-state index contributed by atoms with van der Waals surface area (Å²) in [6, 6.07) is 0. The molecule has 0 aromatic rings. The summed E-state index contributed by atoms with van der Waals surface area (Å²) in [6.07, 6.45) is 0.920. The molecule has 0 saturated carbocycles. The van der Waals surface area contributed by atoms with Gasteiger partial charge in [0.2, 0.25) is 0 Å². The third kappa shape index (κ3) is 6.81. The van der Waals surface area contributed by atoms with Gasteiger partial charge in [0, 0.05) is 17.4 Å². The maximum Gasteiger partial charge on any atom is 0.411 e. The van der Waals surface area contributed by atoms with Crippen LogP contribution in [0.4, 0.5) is 9.59 Å². The average molecular weight is 346 g/mol. The van der Waals surface area contributed by atoms with Crippen LogP contribution in [0, 0.1) is 0 Å². The molecule has 1 atom stereocenters. The molecule has 23 heavy (non-hydrogen) atoms. The molecule has 0 fully saturated rings. The van der Waals surface area contributed by atoms with Gasteiger partial charge >= 0.3 is 18.2 Å². The molecule has 0 radical (unpaired) electrons. The maximum atomic E-state index is 11.7. The van der Waals surface area contributed by atoms with E-state index in [1.54, 1.807) is 18.7 Å². The molecule has 9 heteroatoms. The van der Waals surface area contributed by atoms with E-state index in [1.807, 2.05) is 0 Å². The van der Waals surface area contributed by atoms with E-state index in [0.717, 1.165) is 0 Å². The number of carboxylic acids is 1. The van der Waals surface area contributed by atoms with Crippen LogP contribution in [0.5, 0.6) is 0 Å². The van der Waals surface area contributed by atoms with Crippen LogP contribution in [0.15, 0.2) is 11.4 Å². The van der Waals surface area contributed by atoms with Gasteiger partial charge in [-0.15, -0.1) is 11.8 Å². The number of unbranched alkanes of at least 4 members (excludes halogenated alkanes) is 1. The number of carbonyl (C=O) groups excluding carboxylic acids is 2. The van der Waals surface area contributed by atoms with Crippen molar-refractivity contribution < 1.29 is 29.0 Å². The number of carboxylic acid groups (broad SMARTS) is 1. The second-order valence-electron chi connectivity index (χ2n) is 4.79. The van der Waals surface area contributed by atoms with E-state index in [2.05, 4.69) is 15.4 Å². The summed E-state index contributed by atoms with van der Waals surface area (Å²) in [7, 11) is 1.26. The predicted molar refractivity (Wildman–Crippen MR) is 85.1 cm³/mol. The molecular formula is C14H22N2O6S. The quantitative estimate of drug-likeness (QED) is 0.576. The van der Waals surface area contributed by atoms with Gasteiger partial charge in [-0.25, -0.2) is 9.59 Å². The van der Waals surface area contributed by atoms with Crippen LogP contribution < -0.4 is 10.6 Å². The lowest BCUT2D eigenvalue weighted by Gasteiger charge is -2.16. The highest BCUT2D eigenvalue weighted by molar-refractivity contribution is 8.00. The Hall–Kier alpha value is -1.90. The van der Waals surface area contributed by atoms with Crippen LogP contribution in [-0.2, 0) is 14.3 Å². The van der Waals surface area contributed by atoms with E-state index in [0.29, 0.717) is 36.4 Å². The number of rotatable bonds is 8. The minimum atomic E-state index is -0.822. The minimum absolute atomic E-state index is 0.0274. The van der Waals surface area contributed by atoms with Crippen molar-refractivity contribution in [1.29, 1.82) is 0 Å². The first-order chi connectivity index (χ1) is 11.0. The molecular weight excluding hydrogens is 324 g/mol. The topological polar surface area (TPSA) is 114 Å². The first kappa shape index (κ1) is 19.1. The van der Waals surface area contributed by atoms with Gasteiger partial charge in [0.25, 0.3) is 0 Å². The largest absolute Gasteiger partial charge is 0.481 e. The van der Waals surface area contributed by atoms with Gasteiger partial charge in [0.1, 0.15) is 0 Å². The predicted octanol–water partition coefficient (Wildman–Crippen LogP) is 2.06. The summed E-state index contributed by atoms with van der Waals surface area (Å²) in [6.45, 7) is 1.95. The molecule has 0 spiro atoms. The Morgan fingerprint density at radius 2 is 2.00 bits per heavy atom. The molecule has 0 saturated heterocycles. The Morgan fingerprint density at radius 1 is 1.26 bits per heavy atom. The van der Waals surface area contributed by atoms with Gasteiger partial charge < -0.3 is 14.6 Å². The molecule has 1 unspecified atom stereocenters. The molecule has 2 amide bonds. The summed E-state index contributed by atoms with van der Waals surface area (Å²) >= 11 is 1.57. The number of nitrogens with one attached hydrogen (secondary N) is 2. The lowest BCUT2D eigenvalue weighted by molar-refractivity contribution is -0.137. The average Bonchev–Trinajstić information content (AvgIpc) is 2.85. The Labute approximate surface area is 139 Å². The smallest absolute Gasteiger partial charge is 0.411 e. The minimum Gasteiger partial charge on any atom is -0.481 e. The van der Waals surface area contributed by atoms with Gasteiger partial charge in [-0.2, -0.15) is 0 Å². The van der Waals surface area contributed by atoms with Crippen LogP contribution in [-0.4, -0.2) is 48.0 Å². The zero-order valence-corrected chi connectivity index (χ0v) is 14.0. The molecule has 0 aromatic carbocycles. The van der Waals surface area contributed by atoms with Crippen molar-refractivity contribution in [3.05, 3.63) is 11.4 Å². The van der Waals surface area contributed by atoms with E-state index in [9.17, 15) is 14.4 Å². The van der Waals surface area contributed by atoms with Crippen molar-refractivity contribution in [1.82, 2.24) is 10.6 Å². The zero-order valence-electron chi connectivity index (χ0n) is 13.2. The molecule has 3 N–H and O–H groups in total. The van der Waals surface area contributed by atoms with Crippen molar-refractivity contribution in [3.8, 4) is 0 Å². The molecule has 0 bridgehead atoms. The Balaban J connectivity index is 2.69. The maximum absolute atomic E-state index is 11.7. The summed E-state index contributed by atoms with van der Waals surface area (Å²) in [4.78, 5) is 33.6. The number of carbonyl (C=O) groups is 3. The number of methoxy groups -OCH3 is 1. The van der Waals surface area contributed by atoms with Crippen molar-refractivity contribution >= 4 is 29.9 Å². The number of alkyl carbamates (subject to hydrolysis) is 2. The number of aliphatic carboxylic acids is 1. The van der Waals surface area contributed by atoms with Crippen LogP contribution in [0.1, 0.15) is 32.6 Å². The van der Waals surface area contributed by atoms with E-state index >= 15 is 0 Å². The normalized spacial score (nSPS) is 16.9. The van der Waals surface area contributed by atoms with Crippen molar-refractivity contribution in [2.45, 2.75) is 37.9 Å². The number of ether oxygens (including phenoxy) is 2.